The first-order valence-electron chi connectivity index (χ1n) is 7.33. The van der Waals surface area contributed by atoms with Crippen molar-refractivity contribution in [3.8, 4) is 6.07 Å². The molecule has 0 bridgehead atoms. The molecule has 0 saturated carbocycles. The summed E-state index contributed by atoms with van der Waals surface area (Å²) in [6.45, 7) is 0.114. The fraction of sp³-hybridized carbons (Fsp3) is 0.571. The number of primary amides is 1. The van der Waals surface area contributed by atoms with E-state index in [9.17, 15) is 24.6 Å². The smallest absolute Gasteiger partial charge is 0.247 e. The van der Waals surface area contributed by atoms with E-state index in [1.807, 2.05) is 0 Å². The number of nitriles is 1. The normalized spacial score (nSPS) is 24.2. The highest BCUT2D eigenvalue weighted by Gasteiger charge is 2.34. The molecule has 1 aliphatic rings. The molecule has 4 atom stereocenters. The highest BCUT2D eigenvalue weighted by Crippen LogP contribution is 2.20. The van der Waals surface area contributed by atoms with Crippen molar-refractivity contribution in [1.82, 2.24) is 10.6 Å². The molecule has 0 radical (unpaired) electrons. The number of nitrogens with two attached hydrogens (primary N) is 2. The van der Waals surface area contributed by atoms with Gasteiger partial charge < -0.3 is 32.3 Å². The van der Waals surface area contributed by atoms with Crippen molar-refractivity contribution >= 4 is 17.7 Å². The third-order valence-electron chi connectivity index (χ3n) is 3.51. The maximum Gasteiger partial charge on any atom is 0.247 e. The van der Waals surface area contributed by atoms with Crippen LogP contribution in [0.25, 0.3) is 0 Å². The Labute approximate surface area is 138 Å². The van der Waals surface area contributed by atoms with Crippen LogP contribution in [0.4, 0.5) is 0 Å². The number of carbonyl (C=O) groups excluding carboxylic acids is 3. The van der Waals surface area contributed by atoms with E-state index in [-0.39, 0.29) is 31.4 Å². The molecule has 0 aromatic carbocycles. The van der Waals surface area contributed by atoms with E-state index in [2.05, 4.69) is 10.6 Å². The molecule has 10 heteroatoms. The molecule has 0 aliphatic heterocycles. The molecule has 0 aromatic heterocycles. The Morgan fingerprint density at radius 2 is 2.08 bits per heavy atom. The second-order valence-corrected chi connectivity index (χ2v) is 5.38. The third-order valence-corrected chi connectivity index (χ3v) is 3.51. The molecule has 0 heterocycles. The van der Waals surface area contributed by atoms with Crippen molar-refractivity contribution in [3.63, 3.8) is 0 Å². The van der Waals surface area contributed by atoms with Crippen molar-refractivity contribution in [1.29, 1.82) is 5.26 Å². The first-order chi connectivity index (χ1) is 11.3. The highest BCUT2D eigenvalue weighted by molar-refractivity contribution is 5.97. The fourth-order valence-electron chi connectivity index (χ4n) is 2.22. The average molecular weight is 339 g/mol. The first kappa shape index (κ1) is 19.6. The summed E-state index contributed by atoms with van der Waals surface area (Å²) in [7, 11) is 0. The second kappa shape index (κ2) is 8.97. The Kier molecular flexibility index (Phi) is 7.31. The van der Waals surface area contributed by atoms with Gasteiger partial charge in [0.2, 0.25) is 17.7 Å². The number of hydrogen-bond acceptors (Lipinski definition) is 7. The van der Waals surface area contributed by atoms with Gasteiger partial charge in [0.25, 0.3) is 0 Å². The van der Waals surface area contributed by atoms with Gasteiger partial charge in [-0.1, -0.05) is 6.08 Å². The van der Waals surface area contributed by atoms with Crippen molar-refractivity contribution < 1.29 is 24.6 Å². The summed E-state index contributed by atoms with van der Waals surface area (Å²) < 4.78 is 0. The number of amides is 3. The van der Waals surface area contributed by atoms with Crippen LogP contribution < -0.4 is 22.1 Å². The zero-order chi connectivity index (χ0) is 18.3. The first-order valence-corrected chi connectivity index (χ1v) is 7.33. The molecule has 1 rings (SSSR count). The van der Waals surface area contributed by atoms with Gasteiger partial charge in [0.05, 0.1) is 24.6 Å². The summed E-state index contributed by atoms with van der Waals surface area (Å²) in [4.78, 5) is 34.9. The summed E-state index contributed by atoms with van der Waals surface area (Å²) >= 11 is 0. The van der Waals surface area contributed by atoms with Crippen LogP contribution in [0.1, 0.15) is 19.3 Å². The Morgan fingerprint density at radius 1 is 1.42 bits per heavy atom. The number of nitrogens with zero attached hydrogens (tertiary/aromatic N) is 1. The molecular weight excluding hydrogens is 318 g/mol. The molecule has 0 fully saturated rings. The zero-order valence-corrected chi connectivity index (χ0v) is 12.9. The predicted molar refractivity (Wildman–Crippen MR) is 81.7 cm³/mol. The van der Waals surface area contributed by atoms with Crippen molar-refractivity contribution in [2.75, 3.05) is 6.54 Å². The van der Waals surface area contributed by atoms with Gasteiger partial charge in [-0.2, -0.15) is 5.26 Å². The minimum absolute atomic E-state index is 0.0284. The largest absolute Gasteiger partial charge is 0.390 e. The fourth-order valence-corrected chi connectivity index (χ4v) is 2.22. The summed E-state index contributed by atoms with van der Waals surface area (Å²) in [5.41, 5.74) is 10.4. The van der Waals surface area contributed by atoms with E-state index < -0.39 is 42.0 Å². The summed E-state index contributed by atoms with van der Waals surface area (Å²) in [5.74, 6) is -2.01. The van der Waals surface area contributed by atoms with Crippen molar-refractivity contribution in [2.24, 2.45) is 11.5 Å². The van der Waals surface area contributed by atoms with Crippen LogP contribution in [-0.4, -0.2) is 58.8 Å². The number of nitrogens with one attached hydrogen (secondary N) is 2. The SMILES string of the molecule is N#CC[C@@H](NC(=O)C1=C[C@@H](NC(=O)CCN)[C@@H](O)[C@H](O)C1)C(N)=O. The second-order valence-electron chi connectivity index (χ2n) is 5.38. The maximum absolute atomic E-state index is 12.2. The molecule has 0 aromatic rings. The number of aliphatic hydroxyl groups excluding tert-OH is 2. The molecule has 1 aliphatic carbocycles. The number of aliphatic hydroxyl groups is 2. The van der Waals surface area contributed by atoms with Gasteiger partial charge in [-0.3, -0.25) is 14.4 Å². The standard InChI is InChI=1S/C14H21N5O5/c15-3-1-8(13(17)23)19-14(24)7-5-9(12(22)10(20)6-7)18-11(21)2-4-16/h5,8-10,12,20,22H,1-2,4,6,16H2,(H2,17,23)(H,18,21)(H,19,24)/t8-,9-,10-,12-/m1/s1. The lowest BCUT2D eigenvalue weighted by Crippen LogP contribution is -2.52. The van der Waals surface area contributed by atoms with Gasteiger partial charge in [0.1, 0.15) is 12.1 Å². The lowest BCUT2D eigenvalue weighted by molar-refractivity contribution is -0.126. The molecular formula is C14H21N5O5. The summed E-state index contributed by atoms with van der Waals surface area (Å²) in [6.07, 6.45) is -1.70. The number of rotatable bonds is 7. The van der Waals surface area contributed by atoms with E-state index in [1.54, 1.807) is 6.07 Å². The van der Waals surface area contributed by atoms with Crippen LogP contribution in [0.2, 0.25) is 0 Å². The van der Waals surface area contributed by atoms with Gasteiger partial charge >= 0.3 is 0 Å². The number of hydrogen-bond donors (Lipinski definition) is 6. The van der Waals surface area contributed by atoms with Crippen LogP contribution in [0.3, 0.4) is 0 Å². The molecule has 0 unspecified atom stereocenters. The Morgan fingerprint density at radius 3 is 2.62 bits per heavy atom. The molecule has 3 amide bonds. The van der Waals surface area contributed by atoms with Crippen LogP contribution in [0.15, 0.2) is 11.6 Å². The predicted octanol–water partition coefficient (Wildman–Crippen LogP) is -3.24. The quantitative estimate of drug-likeness (QED) is 0.280. The molecule has 132 valence electrons. The zero-order valence-electron chi connectivity index (χ0n) is 12.9. The highest BCUT2D eigenvalue weighted by atomic mass is 16.3. The molecule has 24 heavy (non-hydrogen) atoms. The molecule has 0 spiro atoms. The van der Waals surface area contributed by atoms with Gasteiger partial charge in [-0.25, -0.2) is 0 Å². The molecule has 0 saturated heterocycles. The van der Waals surface area contributed by atoms with Gasteiger partial charge in [0, 0.05) is 25.0 Å². The van der Waals surface area contributed by atoms with E-state index in [4.69, 9.17) is 16.7 Å². The van der Waals surface area contributed by atoms with Crippen LogP contribution in [0, 0.1) is 11.3 Å². The maximum atomic E-state index is 12.2. The van der Waals surface area contributed by atoms with E-state index in [0.29, 0.717) is 0 Å². The molecule has 10 nitrogen and oxygen atoms in total. The van der Waals surface area contributed by atoms with Crippen LogP contribution >= 0.6 is 0 Å². The average Bonchev–Trinajstić information content (AvgIpc) is 2.51. The minimum atomic E-state index is -1.28. The topological polar surface area (TPSA) is 192 Å². The lowest BCUT2D eigenvalue weighted by Gasteiger charge is -2.31. The monoisotopic (exact) mass is 339 g/mol. The summed E-state index contributed by atoms with van der Waals surface area (Å²) in [6, 6.07) is -0.415. The number of carbonyl (C=O) groups is 3. The van der Waals surface area contributed by atoms with E-state index in [0.717, 1.165) is 0 Å². The third kappa shape index (κ3) is 5.31. The van der Waals surface area contributed by atoms with E-state index in [1.165, 1.54) is 6.08 Å². The van der Waals surface area contributed by atoms with Gasteiger partial charge in [-0.05, 0) is 0 Å². The van der Waals surface area contributed by atoms with Crippen LogP contribution in [-0.2, 0) is 14.4 Å². The Balaban J connectivity index is 2.87. The van der Waals surface area contributed by atoms with Gasteiger partial charge in [0.15, 0.2) is 0 Å². The van der Waals surface area contributed by atoms with Crippen molar-refractivity contribution in [2.45, 2.75) is 43.6 Å². The Hall–Kier alpha value is -2.48. The van der Waals surface area contributed by atoms with Crippen molar-refractivity contribution in [3.05, 3.63) is 11.6 Å². The van der Waals surface area contributed by atoms with E-state index >= 15 is 0 Å². The lowest BCUT2D eigenvalue weighted by atomic mass is 9.89. The molecule has 8 N–H and O–H groups in total. The Bertz CT molecular complexity index is 570. The summed E-state index contributed by atoms with van der Waals surface area (Å²) in [5, 5.41) is 33.2. The van der Waals surface area contributed by atoms with Gasteiger partial charge in [-0.15, -0.1) is 0 Å². The van der Waals surface area contributed by atoms with Crippen LogP contribution in [0.5, 0.6) is 0 Å². The minimum Gasteiger partial charge on any atom is -0.390 e.